The quantitative estimate of drug-likeness (QED) is 0.616. The number of nitrogens with one attached hydrogen (secondary N) is 3. The Morgan fingerprint density at radius 1 is 1.17 bits per heavy atom. The first-order chi connectivity index (χ1) is 14.2. The second-order valence-electron chi connectivity index (χ2n) is 6.96. The van der Waals surface area contributed by atoms with Crippen molar-refractivity contribution in [1.82, 2.24) is 25.2 Å². The van der Waals surface area contributed by atoms with E-state index in [1.165, 1.54) is 19.7 Å². The molecule has 1 saturated carbocycles. The zero-order valence-corrected chi connectivity index (χ0v) is 18.0. The van der Waals surface area contributed by atoms with E-state index in [4.69, 9.17) is 0 Å². The molecular weight excluding hydrogens is 368 g/mol. The fourth-order valence-electron chi connectivity index (χ4n) is 3.62. The molecule has 0 radical (unpaired) electrons. The van der Waals surface area contributed by atoms with Gasteiger partial charge < -0.3 is 20.5 Å². The molecule has 8 nitrogen and oxygen atoms in total. The highest BCUT2D eigenvalue weighted by molar-refractivity contribution is 5.96. The average molecular weight is 403 g/mol. The average Bonchev–Trinajstić information content (AvgIpc) is 2.78. The van der Waals surface area contributed by atoms with Gasteiger partial charge in [-0.1, -0.05) is 33.1 Å². The summed E-state index contributed by atoms with van der Waals surface area (Å²) in [4.78, 5) is 33.9. The number of nitrogens with zero attached hydrogens (tertiary/aromatic N) is 3. The SMILES string of the molecule is CC.CNCCCNc1ncc2c(=O)c(C(=O)NC)cn(C3CCCCC3)c2n1. The molecule has 29 heavy (non-hydrogen) atoms. The number of rotatable bonds is 7. The first-order valence-corrected chi connectivity index (χ1v) is 10.7. The molecule has 2 aromatic rings. The van der Waals surface area contributed by atoms with Gasteiger partial charge in [0, 0.05) is 32.0 Å². The van der Waals surface area contributed by atoms with Gasteiger partial charge >= 0.3 is 0 Å². The van der Waals surface area contributed by atoms with Crippen molar-refractivity contribution in [2.24, 2.45) is 0 Å². The molecule has 0 atom stereocenters. The molecule has 2 heterocycles. The van der Waals surface area contributed by atoms with Crippen LogP contribution in [0, 0.1) is 0 Å². The van der Waals surface area contributed by atoms with Gasteiger partial charge in [0.05, 0.1) is 5.39 Å². The van der Waals surface area contributed by atoms with Gasteiger partial charge in [-0.05, 0) is 32.9 Å². The zero-order valence-electron chi connectivity index (χ0n) is 18.0. The van der Waals surface area contributed by atoms with Crippen LogP contribution in [-0.2, 0) is 0 Å². The van der Waals surface area contributed by atoms with Gasteiger partial charge in [0.1, 0.15) is 11.2 Å². The number of aromatic nitrogens is 3. The van der Waals surface area contributed by atoms with Crippen LogP contribution in [0.25, 0.3) is 11.0 Å². The molecule has 3 N–H and O–H groups in total. The largest absolute Gasteiger partial charge is 0.355 e. The molecule has 1 aliphatic carbocycles. The zero-order chi connectivity index (χ0) is 21.2. The molecule has 0 bridgehead atoms. The first-order valence-electron chi connectivity index (χ1n) is 10.7. The van der Waals surface area contributed by atoms with Crippen molar-refractivity contribution in [2.45, 2.75) is 58.4 Å². The predicted molar refractivity (Wildman–Crippen MR) is 118 cm³/mol. The maximum atomic E-state index is 12.8. The fourth-order valence-corrected chi connectivity index (χ4v) is 3.62. The summed E-state index contributed by atoms with van der Waals surface area (Å²) in [5.74, 6) is 0.135. The maximum Gasteiger partial charge on any atom is 0.256 e. The van der Waals surface area contributed by atoms with Crippen LogP contribution in [0.15, 0.2) is 17.2 Å². The van der Waals surface area contributed by atoms with Crippen LogP contribution in [0.1, 0.15) is 68.8 Å². The van der Waals surface area contributed by atoms with E-state index in [1.54, 1.807) is 6.20 Å². The normalized spacial score (nSPS) is 14.2. The van der Waals surface area contributed by atoms with Gasteiger partial charge in [0.15, 0.2) is 0 Å². The van der Waals surface area contributed by atoms with Gasteiger partial charge in [-0.2, -0.15) is 4.98 Å². The van der Waals surface area contributed by atoms with Gasteiger partial charge in [-0.25, -0.2) is 4.98 Å². The Kier molecular flexibility index (Phi) is 9.05. The summed E-state index contributed by atoms with van der Waals surface area (Å²) in [5.41, 5.74) is 0.428. The summed E-state index contributed by atoms with van der Waals surface area (Å²) in [5, 5.41) is 9.26. The highest BCUT2D eigenvalue weighted by Crippen LogP contribution is 2.30. The molecule has 0 unspecified atom stereocenters. The van der Waals surface area contributed by atoms with Crippen LogP contribution in [0.5, 0.6) is 0 Å². The van der Waals surface area contributed by atoms with Gasteiger partial charge in [-0.3, -0.25) is 9.59 Å². The number of hydrogen-bond donors (Lipinski definition) is 3. The lowest BCUT2D eigenvalue weighted by molar-refractivity contribution is 0.0961. The fraction of sp³-hybridized carbons (Fsp3) is 0.619. The van der Waals surface area contributed by atoms with E-state index in [-0.39, 0.29) is 22.9 Å². The van der Waals surface area contributed by atoms with Crippen molar-refractivity contribution in [3.05, 3.63) is 28.2 Å². The number of fused-ring (bicyclic) bond motifs is 1. The molecule has 0 aliphatic heterocycles. The van der Waals surface area contributed by atoms with Gasteiger partial charge in [-0.15, -0.1) is 0 Å². The van der Waals surface area contributed by atoms with E-state index in [1.807, 2.05) is 25.5 Å². The number of carbonyl (C=O) groups is 1. The van der Waals surface area contributed by atoms with Crippen molar-refractivity contribution in [2.75, 3.05) is 32.5 Å². The molecule has 0 saturated heterocycles. The van der Waals surface area contributed by atoms with Crippen LogP contribution >= 0.6 is 0 Å². The van der Waals surface area contributed by atoms with Crippen molar-refractivity contribution in [3.63, 3.8) is 0 Å². The van der Waals surface area contributed by atoms with Gasteiger partial charge in [0.25, 0.3) is 5.91 Å². The lowest BCUT2D eigenvalue weighted by Gasteiger charge is -2.26. The third-order valence-corrected chi connectivity index (χ3v) is 5.10. The summed E-state index contributed by atoms with van der Waals surface area (Å²) in [6, 6.07) is 0.247. The van der Waals surface area contributed by atoms with Crippen LogP contribution < -0.4 is 21.4 Å². The topological polar surface area (TPSA) is 101 Å². The second-order valence-corrected chi connectivity index (χ2v) is 6.96. The van der Waals surface area contributed by atoms with E-state index in [9.17, 15) is 9.59 Å². The second kappa shape index (κ2) is 11.5. The van der Waals surface area contributed by atoms with Gasteiger partial charge in [0.2, 0.25) is 11.4 Å². The van der Waals surface area contributed by atoms with E-state index >= 15 is 0 Å². The van der Waals surface area contributed by atoms with Crippen LogP contribution in [0.2, 0.25) is 0 Å². The Bertz CT molecular complexity index is 858. The number of carbonyl (C=O) groups excluding carboxylic acids is 1. The smallest absolute Gasteiger partial charge is 0.256 e. The molecule has 3 rings (SSSR count). The minimum Gasteiger partial charge on any atom is -0.355 e. The number of amides is 1. The first kappa shape index (κ1) is 22.8. The summed E-state index contributed by atoms with van der Waals surface area (Å²) in [6.07, 6.45) is 9.74. The molecule has 0 spiro atoms. The van der Waals surface area contributed by atoms with Crippen molar-refractivity contribution < 1.29 is 4.79 Å². The molecule has 160 valence electrons. The lowest BCUT2D eigenvalue weighted by Crippen LogP contribution is -2.29. The van der Waals surface area contributed by atoms with Crippen LogP contribution in [0.4, 0.5) is 5.95 Å². The number of anilines is 1. The molecule has 1 aliphatic rings. The molecule has 1 amide bonds. The Morgan fingerprint density at radius 3 is 2.55 bits per heavy atom. The Morgan fingerprint density at radius 2 is 1.90 bits per heavy atom. The minimum atomic E-state index is -0.374. The Hall–Kier alpha value is -2.48. The summed E-state index contributed by atoms with van der Waals surface area (Å²) in [6.45, 7) is 5.65. The summed E-state index contributed by atoms with van der Waals surface area (Å²) >= 11 is 0. The predicted octanol–water partition coefficient (Wildman–Crippen LogP) is 2.70. The van der Waals surface area contributed by atoms with Crippen molar-refractivity contribution in [3.8, 4) is 0 Å². The molecule has 2 aromatic heterocycles. The minimum absolute atomic E-state index is 0.147. The molecule has 1 fully saturated rings. The lowest BCUT2D eigenvalue weighted by atomic mass is 9.95. The van der Waals surface area contributed by atoms with Crippen molar-refractivity contribution >= 4 is 22.9 Å². The van der Waals surface area contributed by atoms with Crippen molar-refractivity contribution in [1.29, 1.82) is 0 Å². The maximum absolute atomic E-state index is 12.8. The monoisotopic (exact) mass is 402 g/mol. The molecule has 0 aromatic carbocycles. The van der Waals surface area contributed by atoms with E-state index in [0.29, 0.717) is 17.0 Å². The summed E-state index contributed by atoms with van der Waals surface area (Å²) in [7, 11) is 3.45. The molecule has 8 heteroatoms. The molecular formula is C21H34N6O2. The Labute approximate surface area is 172 Å². The highest BCUT2D eigenvalue weighted by Gasteiger charge is 2.22. The van der Waals surface area contributed by atoms with E-state index in [0.717, 1.165) is 45.2 Å². The van der Waals surface area contributed by atoms with E-state index in [2.05, 4.69) is 25.9 Å². The number of hydrogen-bond acceptors (Lipinski definition) is 6. The van der Waals surface area contributed by atoms with Crippen LogP contribution in [-0.4, -0.2) is 47.6 Å². The standard InChI is InChI=1S/C19H28N6O2.C2H6/c1-20-9-6-10-22-19-23-11-14-16(26)15(18(27)21-2)12-25(17(14)24-19)13-7-4-3-5-8-13;1-2/h11-13,20H,3-10H2,1-2H3,(H,21,27)(H,22,23,24);1-2H3. The third-order valence-electron chi connectivity index (χ3n) is 5.10. The highest BCUT2D eigenvalue weighted by atomic mass is 16.2. The van der Waals surface area contributed by atoms with Crippen LogP contribution in [0.3, 0.4) is 0 Å². The summed E-state index contributed by atoms with van der Waals surface area (Å²) < 4.78 is 2.01. The third kappa shape index (κ3) is 5.53. The van der Waals surface area contributed by atoms with E-state index < -0.39 is 0 Å². The Balaban J connectivity index is 0.00000145. The number of pyridine rings is 1.